The minimum atomic E-state index is -0.173. The van der Waals surface area contributed by atoms with Gasteiger partial charge in [-0.05, 0) is 73.0 Å². The van der Waals surface area contributed by atoms with Gasteiger partial charge in [-0.1, -0.05) is 6.07 Å². The Morgan fingerprint density at radius 3 is 2.72 bits per heavy atom. The number of aromatic nitrogens is 1. The minimum Gasteiger partial charge on any atom is -0.348 e. The maximum absolute atomic E-state index is 12.2. The summed E-state index contributed by atoms with van der Waals surface area (Å²) in [7, 11) is 0. The molecule has 0 saturated carbocycles. The monoisotopic (exact) mass is 352 g/mol. The van der Waals surface area contributed by atoms with E-state index in [2.05, 4.69) is 10.3 Å². The molecule has 25 heavy (non-hydrogen) atoms. The number of hydrogen-bond acceptors (Lipinski definition) is 3. The van der Waals surface area contributed by atoms with Gasteiger partial charge in [-0.2, -0.15) is 0 Å². The summed E-state index contributed by atoms with van der Waals surface area (Å²) in [6.45, 7) is 6.03. The number of carbonyl (C=O) groups is 1. The molecule has 5 heteroatoms. The van der Waals surface area contributed by atoms with E-state index >= 15 is 0 Å². The largest absolute Gasteiger partial charge is 0.348 e. The number of H-pyrrole nitrogens is 1. The molecule has 0 saturated heterocycles. The van der Waals surface area contributed by atoms with Crippen LogP contribution in [0.15, 0.2) is 46.1 Å². The summed E-state index contributed by atoms with van der Waals surface area (Å²) in [6.07, 6.45) is 1.84. The Labute approximate surface area is 150 Å². The molecular formula is C20H20N2O2S. The highest BCUT2D eigenvalue weighted by Gasteiger charge is 2.08. The molecule has 128 valence electrons. The number of carbonyl (C=O) groups excluding carboxylic acids is 1. The van der Waals surface area contributed by atoms with E-state index in [4.69, 9.17) is 0 Å². The summed E-state index contributed by atoms with van der Waals surface area (Å²) in [5, 5.41) is 5.76. The van der Waals surface area contributed by atoms with Crippen LogP contribution in [-0.4, -0.2) is 10.9 Å². The topological polar surface area (TPSA) is 62.0 Å². The van der Waals surface area contributed by atoms with Gasteiger partial charge < -0.3 is 10.3 Å². The Bertz CT molecular complexity index is 1010. The van der Waals surface area contributed by atoms with Crippen LogP contribution in [0, 0.1) is 13.8 Å². The molecule has 0 atom stereocenters. The maximum Gasteiger partial charge on any atom is 0.253 e. The Balaban J connectivity index is 1.79. The van der Waals surface area contributed by atoms with Crippen molar-refractivity contribution in [2.45, 2.75) is 27.3 Å². The van der Waals surface area contributed by atoms with Crippen LogP contribution in [0.2, 0.25) is 0 Å². The van der Waals surface area contributed by atoms with E-state index in [1.807, 2.05) is 55.6 Å². The molecule has 1 aromatic carbocycles. The summed E-state index contributed by atoms with van der Waals surface area (Å²) in [5.41, 5.74) is 4.12. The van der Waals surface area contributed by atoms with Crippen molar-refractivity contribution >= 4 is 34.2 Å². The number of amides is 1. The average Bonchev–Trinajstić information content (AvgIpc) is 3.07. The molecule has 0 spiro atoms. The Kier molecular flexibility index (Phi) is 4.86. The van der Waals surface area contributed by atoms with Gasteiger partial charge in [0.1, 0.15) is 0 Å². The van der Waals surface area contributed by atoms with E-state index in [0.29, 0.717) is 11.1 Å². The highest BCUT2D eigenvalue weighted by molar-refractivity contribution is 7.10. The molecule has 3 aromatic rings. The van der Waals surface area contributed by atoms with E-state index in [1.54, 1.807) is 18.3 Å². The number of fused-ring (bicyclic) bond motifs is 1. The average molecular weight is 352 g/mol. The van der Waals surface area contributed by atoms with Gasteiger partial charge in [0, 0.05) is 28.1 Å². The number of aromatic amines is 1. The zero-order valence-corrected chi connectivity index (χ0v) is 15.3. The molecule has 0 bridgehead atoms. The smallest absolute Gasteiger partial charge is 0.253 e. The van der Waals surface area contributed by atoms with E-state index in [9.17, 15) is 9.59 Å². The van der Waals surface area contributed by atoms with Crippen molar-refractivity contribution in [3.63, 3.8) is 0 Å². The van der Waals surface area contributed by atoms with Gasteiger partial charge in [0.05, 0.1) is 0 Å². The SMILES string of the molecule is C/C(=C\c1cccs1)C(=O)NCc1cc2cc(C)c(C)cc2[nH]c1=O. The van der Waals surface area contributed by atoms with Crippen molar-refractivity contribution in [2.24, 2.45) is 0 Å². The second-order valence-corrected chi connectivity index (χ2v) is 7.15. The molecule has 4 nitrogen and oxygen atoms in total. The minimum absolute atomic E-state index is 0.170. The van der Waals surface area contributed by atoms with Gasteiger partial charge in [-0.25, -0.2) is 0 Å². The number of nitrogens with one attached hydrogen (secondary N) is 2. The van der Waals surface area contributed by atoms with Crippen molar-refractivity contribution in [3.05, 3.63) is 73.2 Å². The van der Waals surface area contributed by atoms with Gasteiger partial charge in [0.2, 0.25) is 5.91 Å². The van der Waals surface area contributed by atoms with Crippen LogP contribution in [0.5, 0.6) is 0 Å². The Hall–Kier alpha value is -2.66. The molecule has 2 N–H and O–H groups in total. The molecule has 0 aliphatic carbocycles. The molecule has 3 rings (SSSR count). The first-order valence-corrected chi connectivity index (χ1v) is 8.95. The van der Waals surface area contributed by atoms with Crippen molar-refractivity contribution in [1.82, 2.24) is 10.3 Å². The zero-order valence-electron chi connectivity index (χ0n) is 14.5. The standard InChI is InChI=1S/C20H20N2O2S/c1-12-7-15-10-16(20(24)22-18(15)9-13(12)2)11-21-19(23)14(3)8-17-5-4-6-25-17/h4-10H,11H2,1-3H3,(H,21,23)(H,22,24)/b14-8+. The first-order chi connectivity index (χ1) is 11.9. The number of aryl methyl sites for hydroxylation is 2. The second kappa shape index (κ2) is 7.07. The lowest BCUT2D eigenvalue weighted by molar-refractivity contribution is -0.117. The molecule has 0 unspecified atom stereocenters. The van der Waals surface area contributed by atoms with E-state index in [-0.39, 0.29) is 18.0 Å². The summed E-state index contributed by atoms with van der Waals surface area (Å²) in [6, 6.07) is 9.77. The molecule has 2 heterocycles. The Morgan fingerprint density at radius 2 is 2.00 bits per heavy atom. The van der Waals surface area contributed by atoms with Crippen molar-refractivity contribution in [3.8, 4) is 0 Å². The lowest BCUT2D eigenvalue weighted by atomic mass is 10.0. The van der Waals surface area contributed by atoms with E-state index in [0.717, 1.165) is 21.3 Å². The number of pyridine rings is 1. The van der Waals surface area contributed by atoms with Crippen LogP contribution in [0.4, 0.5) is 0 Å². The molecule has 1 amide bonds. The number of benzene rings is 1. The van der Waals surface area contributed by atoms with Gasteiger partial charge >= 0.3 is 0 Å². The zero-order chi connectivity index (χ0) is 18.0. The van der Waals surface area contributed by atoms with Crippen LogP contribution < -0.4 is 10.9 Å². The van der Waals surface area contributed by atoms with Gasteiger partial charge in [0.25, 0.3) is 5.56 Å². The van der Waals surface area contributed by atoms with Gasteiger partial charge in [0.15, 0.2) is 0 Å². The normalized spacial score (nSPS) is 11.7. The van der Waals surface area contributed by atoms with Crippen LogP contribution in [0.3, 0.4) is 0 Å². The highest BCUT2D eigenvalue weighted by Crippen LogP contribution is 2.17. The number of rotatable bonds is 4. The predicted molar refractivity (Wildman–Crippen MR) is 104 cm³/mol. The maximum atomic E-state index is 12.2. The van der Waals surface area contributed by atoms with Crippen LogP contribution >= 0.6 is 11.3 Å². The van der Waals surface area contributed by atoms with Gasteiger partial charge in [-0.3, -0.25) is 9.59 Å². The quantitative estimate of drug-likeness (QED) is 0.699. The van der Waals surface area contributed by atoms with Crippen molar-refractivity contribution < 1.29 is 4.79 Å². The Morgan fingerprint density at radius 1 is 1.24 bits per heavy atom. The van der Waals surface area contributed by atoms with Crippen molar-refractivity contribution in [2.75, 3.05) is 0 Å². The highest BCUT2D eigenvalue weighted by atomic mass is 32.1. The number of thiophene rings is 1. The van der Waals surface area contributed by atoms with Crippen LogP contribution in [0.1, 0.15) is 28.5 Å². The lowest BCUT2D eigenvalue weighted by Gasteiger charge is -2.08. The summed E-state index contributed by atoms with van der Waals surface area (Å²) >= 11 is 1.58. The fourth-order valence-electron chi connectivity index (χ4n) is 2.62. The molecular weight excluding hydrogens is 332 g/mol. The van der Waals surface area contributed by atoms with Gasteiger partial charge in [-0.15, -0.1) is 11.3 Å². The number of hydrogen-bond donors (Lipinski definition) is 2. The third-order valence-corrected chi connectivity index (χ3v) is 5.05. The van der Waals surface area contributed by atoms with E-state index < -0.39 is 0 Å². The molecule has 0 aliphatic heterocycles. The summed E-state index contributed by atoms with van der Waals surface area (Å²) < 4.78 is 0. The molecule has 2 aromatic heterocycles. The molecule has 0 radical (unpaired) electrons. The second-order valence-electron chi connectivity index (χ2n) is 6.17. The van der Waals surface area contributed by atoms with Crippen molar-refractivity contribution in [1.29, 1.82) is 0 Å². The van der Waals surface area contributed by atoms with E-state index in [1.165, 1.54) is 5.56 Å². The fraction of sp³-hybridized carbons (Fsp3) is 0.200. The summed E-state index contributed by atoms with van der Waals surface area (Å²) in [4.78, 5) is 28.4. The lowest BCUT2D eigenvalue weighted by Crippen LogP contribution is -2.27. The third-order valence-electron chi connectivity index (χ3n) is 4.23. The fourth-order valence-corrected chi connectivity index (χ4v) is 3.34. The first kappa shape index (κ1) is 17.2. The van der Waals surface area contributed by atoms with Crippen LogP contribution in [-0.2, 0) is 11.3 Å². The summed E-state index contributed by atoms with van der Waals surface area (Å²) in [5.74, 6) is -0.173. The predicted octanol–water partition coefficient (Wildman–Crippen LogP) is 3.93. The molecule has 0 fully saturated rings. The van der Waals surface area contributed by atoms with Crippen LogP contribution in [0.25, 0.3) is 17.0 Å². The first-order valence-electron chi connectivity index (χ1n) is 8.07. The molecule has 0 aliphatic rings. The third kappa shape index (κ3) is 3.88.